The van der Waals surface area contributed by atoms with Crippen LogP contribution in [-0.2, 0) is 4.65 Å². The van der Waals surface area contributed by atoms with E-state index < -0.39 is 11.2 Å². The Morgan fingerprint density at radius 1 is 1.14 bits per heavy atom. The molecule has 0 bridgehead atoms. The standard InChI is InChI=1S/C17H19BNO2S/c1-16(2,20)17(3,4)21-18-12-9-10-19-14-11-7-5-6-8-13(11)22-15(12)14/h5-10,20H,1-4H3. The van der Waals surface area contributed by atoms with Gasteiger partial charge in [-0.25, -0.2) is 0 Å². The second-order valence-corrected chi connectivity index (χ2v) is 7.53. The summed E-state index contributed by atoms with van der Waals surface area (Å²) >= 11 is 1.71. The van der Waals surface area contributed by atoms with Gasteiger partial charge < -0.3 is 9.76 Å². The van der Waals surface area contributed by atoms with E-state index in [2.05, 4.69) is 17.1 Å². The van der Waals surface area contributed by atoms with Gasteiger partial charge in [-0.15, -0.1) is 11.3 Å². The van der Waals surface area contributed by atoms with Crippen LogP contribution >= 0.6 is 11.3 Å². The predicted octanol–water partition coefficient (Wildman–Crippen LogP) is 3.26. The van der Waals surface area contributed by atoms with Crippen LogP contribution in [0.5, 0.6) is 0 Å². The molecule has 1 radical (unpaired) electrons. The molecule has 0 aliphatic heterocycles. The molecule has 0 unspecified atom stereocenters. The van der Waals surface area contributed by atoms with E-state index in [4.69, 9.17) is 4.65 Å². The van der Waals surface area contributed by atoms with E-state index in [1.165, 1.54) is 10.1 Å². The van der Waals surface area contributed by atoms with Gasteiger partial charge in [0, 0.05) is 16.3 Å². The quantitative estimate of drug-likeness (QED) is 0.752. The monoisotopic (exact) mass is 312 g/mol. The lowest BCUT2D eigenvalue weighted by molar-refractivity contribution is -0.0893. The average molecular weight is 312 g/mol. The molecule has 3 rings (SSSR count). The van der Waals surface area contributed by atoms with Crippen molar-refractivity contribution in [2.24, 2.45) is 0 Å². The number of thiophene rings is 1. The van der Waals surface area contributed by atoms with Crippen molar-refractivity contribution in [3.05, 3.63) is 36.5 Å². The van der Waals surface area contributed by atoms with Gasteiger partial charge in [-0.05, 0) is 45.3 Å². The molecular formula is C17H19BNO2S. The maximum absolute atomic E-state index is 10.2. The SMILES string of the molecule is CC(C)(O)C(C)(C)O[B]c1ccnc2c1sc1ccccc12. The number of aromatic nitrogens is 1. The minimum Gasteiger partial charge on any atom is -0.427 e. The van der Waals surface area contributed by atoms with Crippen molar-refractivity contribution in [2.45, 2.75) is 38.9 Å². The number of aliphatic hydroxyl groups is 1. The molecule has 0 fully saturated rings. The van der Waals surface area contributed by atoms with E-state index in [-0.39, 0.29) is 0 Å². The molecule has 1 N–H and O–H groups in total. The van der Waals surface area contributed by atoms with E-state index in [0.717, 1.165) is 15.7 Å². The fourth-order valence-corrected chi connectivity index (χ4v) is 3.21. The molecule has 5 heteroatoms. The molecule has 1 aromatic carbocycles. The number of rotatable bonds is 4. The molecule has 2 heterocycles. The van der Waals surface area contributed by atoms with E-state index in [1.54, 1.807) is 38.9 Å². The Hall–Kier alpha value is -1.43. The summed E-state index contributed by atoms with van der Waals surface area (Å²) in [4.78, 5) is 4.51. The zero-order valence-electron chi connectivity index (χ0n) is 13.3. The molecule has 0 saturated heterocycles. The summed E-state index contributed by atoms with van der Waals surface area (Å²) in [6.07, 6.45) is 1.80. The summed E-state index contributed by atoms with van der Waals surface area (Å²) in [5, 5.41) is 11.4. The van der Waals surface area contributed by atoms with Crippen LogP contribution in [0.3, 0.4) is 0 Å². The Bertz CT molecular complexity index is 820. The van der Waals surface area contributed by atoms with Crippen LogP contribution in [0.15, 0.2) is 36.5 Å². The van der Waals surface area contributed by atoms with E-state index in [0.29, 0.717) is 0 Å². The number of pyridine rings is 1. The summed E-state index contributed by atoms with van der Waals surface area (Å²) in [7, 11) is 1.73. The number of hydrogen-bond donors (Lipinski definition) is 1. The normalized spacial score (nSPS) is 13.0. The lowest BCUT2D eigenvalue weighted by atomic mass is 9.83. The van der Waals surface area contributed by atoms with Gasteiger partial charge in [-0.2, -0.15) is 0 Å². The summed E-state index contributed by atoms with van der Waals surface area (Å²) in [6.45, 7) is 7.27. The molecule has 22 heavy (non-hydrogen) atoms. The lowest BCUT2D eigenvalue weighted by Crippen LogP contribution is -2.49. The average Bonchev–Trinajstić information content (AvgIpc) is 2.83. The maximum atomic E-state index is 10.2. The highest BCUT2D eigenvalue weighted by Crippen LogP contribution is 2.31. The van der Waals surface area contributed by atoms with Crippen molar-refractivity contribution in [1.29, 1.82) is 0 Å². The van der Waals surface area contributed by atoms with Crippen LogP contribution in [0.25, 0.3) is 20.3 Å². The summed E-state index contributed by atoms with van der Waals surface area (Å²) in [6, 6.07) is 10.2. The lowest BCUT2D eigenvalue weighted by Gasteiger charge is -2.37. The minimum atomic E-state index is -0.935. The maximum Gasteiger partial charge on any atom is 0.332 e. The predicted molar refractivity (Wildman–Crippen MR) is 94.0 cm³/mol. The fourth-order valence-electron chi connectivity index (χ4n) is 2.07. The number of fused-ring (bicyclic) bond motifs is 3. The first-order valence-electron chi connectivity index (χ1n) is 7.29. The van der Waals surface area contributed by atoms with Crippen molar-refractivity contribution in [1.82, 2.24) is 4.98 Å². The zero-order chi connectivity index (χ0) is 16.0. The van der Waals surface area contributed by atoms with E-state index in [9.17, 15) is 5.11 Å². The van der Waals surface area contributed by atoms with Gasteiger partial charge in [-0.3, -0.25) is 4.98 Å². The van der Waals surface area contributed by atoms with E-state index >= 15 is 0 Å². The van der Waals surface area contributed by atoms with Gasteiger partial charge in [0.1, 0.15) is 0 Å². The molecule has 3 aromatic rings. The van der Waals surface area contributed by atoms with Crippen LogP contribution in [0.1, 0.15) is 27.7 Å². The number of hydrogen-bond acceptors (Lipinski definition) is 4. The minimum absolute atomic E-state index is 0.681. The molecular weight excluding hydrogens is 293 g/mol. The van der Waals surface area contributed by atoms with Crippen molar-refractivity contribution in [2.75, 3.05) is 0 Å². The fraction of sp³-hybridized carbons (Fsp3) is 0.353. The molecule has 0 aliphatic carbocycles. The third-order valence-corrected chi connectivity index (χ3v) is 5.45. The highest BCUT2D eigenvalue weighted by molar-refractivity contribution is 7.26. The molecule has 0 aliphatic rings. The van der Waals surface area contributed by atoms with Crippen molar-refractivity contribution >= 4 is 44.6 Å². The molecule has 2 aromatic heterocycles. The van der Waals surface area contributed by atoms with Crippen molar-refractivity contribution in [3.63, 3.8) is 0 Å². The molecule has 3 nitrogen and oxygen atoms in total. The van der Waals surface area contributed by atoms with Gasteiger partial charge in [0.2, 0.25) is 0 Å². The summed E-state index contributed by atoms with van der Waals surface area (Å²) < 4.78 is 8.21. The summed E-state index contributed by atoms with van der Waals surface area (Å²) in [5.74, 6) is 0. The Morgan fingerprint density at radius 2 is 1.86 bits per heavy atom. The highest BCUT2D eigenvalue weighted by atomic mass is 32.1. The van der Waals surface area contributed by atoms with Gasteiger partial charge in [0.15, 0.2) is 0 Å². The van der Waals surface area contributed by atoms with Crippen LogP contribution in [-0.4, -0.2) is 28.8 Å². The topological polar surface area (TPSA) is 42.4 Å². The van der Waals surface area contributed by atoms with Crippen molar-refractivity contribution in [3.8, 4) is 0 Å². The first-order valence-corrected chi connectivity index (χ1v) is 8.11. The van der Waals surface area contributed by atoms with Crippen molar-refractivity contribution < 1.29 is 9.76 Å². The highest BCUT2D eigenvalue weighted by Gasteiger charge is 2.35. The third-order valence-electron chi connectivity index (χ3n) is 4.24. The molecule has 0 spiro atoms. The largest absolute Gasteiger partial charge is 0.427 e. The van der Waals surface area contributed by atoms with Crippen LogP contribution in [0, 0.1) is 0 Å². The smallest absolute Gasteiger partial charge is 0.332 e. The van der Waals surface area contributed by atoms with Crippen LogP contribution in [0.2, 0.25) is 0 Å². The Kier molecular flexibility index (Phi) is 3.75. The zero-order valence-corrected chi connectivity index (χ0v) is 14.1. The second kappa shape index (κ2) is 5.34. The first-order chi connectivity index (χ1) is 10.3. The third kappa shape index (κ3) is 2.64. The Labute approximate surface area is 135 Å². The number of nitrogens with zero attached hydrogens (tertiary/aromatic N) is 1. The molecule has 0 amide bonds. The first kappa shape index (κ1) is 15.5. The van der Waals surface area contributed by atoms with Gasteiger partial charge in [-0.1, -0.05) is 18.2 Å². The van der Waals surface area contributed by atoms with E-state index in [1.807, 2.05) is 32.0 Å². The number of benzene rings is 1. The van der Waals surface area contributed by atoms with Crippen LogP contribution < -0.4 is 5.46 Å². The van der Waals surface area contributed by atoms with Gasteiger partial charge >= 0.3 is 7.48 Å². The summed E-state index contributed by atoms with van der Waals surface area (Å²) in [5.41, 5.74) is 0.372. The molecule has 0 saturated carbocycles. The Balaban J connectivity index is 1.98. The Morgan fingerprint density at radius 3 is 2.59 bits per heavy atom. The molecule has 0 atom stereocenters. The van der Waals surface area contributed by atoms with Gasteiger partial charge in [0.05, 0.1) is 21.4 Å². The van der Waals surface area contributed by atoms with Crippen LogP contribution in [0.4, 0.5) is 0 Å². The van der Waals surface area contributed by atoms with Gasteiger partial charge in [0.25, 0.3) is 0 Å². The second-order valence-electron chi connectivity index (χ2n) is 6.48. The molecule has 113 valence electrons.